The second-order valence-electron chi connectivity index (χ2n) is 7.20. The van der Waals surface area contributed by atoms with Gasteiger partial charge in [-0.05, 0) is 42.1 Å². The molecule has 2 atom stereocenters. The molecule has 26 heavy (non-hydrogen) atoms. The van der Waals surface area contributed by atoms with Crippen molar-refractivity contribution in [3.05, 3.63) is 53.6 Å². The molecule has 0 radical (unpaired) electrons. The van der Waals surface area contributed by atoms with Crippen LogP contribution >= 0.6 is 11.8 Å². The second kappa shape index (κ2) is 7.45. The molecule has 0 aliphatic carbocycles. The Morgan fingerprint density at radius 3 is 2.81 bits per heavy atom. The number of rotatable bonds is 3. The molecule has 0 unspecified atom stereocenters. The summed E-state index contributed by atoms with van der Waals surface area (Å²) in [6.45, 7) is 1.43. The zero-order valence-electron chi connectivity index (χ0n) is 15.0. The molecular weight excluding hydrogens is 346 g/mol. The number of aliphatic hydroxyl groups is 1. The summed E-state index contributed by atoms with van der Waals surface area (Å²) in [6.07, 6.45) is 5.70. The highest BCUT2D eigenvalue weighted by molar-refractivity contribution is 8.00. The third-order valence-electron chi connectivity index (χ3n) is 5.64. The first-order valence-electron chi connectivity index (χ1n) is 9.28. The van der Waals surface area contributed by atoms with E-state index in [1.54, 1.807) is 18.0 Å². The normalized spacial score (nSPS) is 22.1. The Bertz CT molecular complexity index is 783. The van der Waals surface area contributed by atoms with Crippen molar-refractivity contribution >= 4 is 17.7 Å². The Balaban J connectivity index is 1.41. The average Bonchev–Trinajstić information content (AvgIpc) is 3.12. The zero-order chi connectivity index (χ0) is 18.1. The van der Waals surface area contributed by atoms with E-state index in [2.05, 4.69) is 23.2 Å². The summed E-state index contributed by atoms with van der Waals surface area (Å²) in [4.78, 5) is 19.4. The van der Waals surface area contributed by atoms with E-state index in [4.69, 9.17) is 0 Å². The molecule has 1 aromatic carbocycles. The monoisotopic (exact) mass is 371 g/mol. The number of aromatic nitrogens is 2. The molecule has 2 aliphatic rings. The van der Waals surface area contributed by atoms with Gasteiger partial charge in [0.25, 0.3) is 0 Å². The fourth-order valence-electron chi connectivity index (χ4n) is 4.07. The van der Waals surface area contributed by atoms with Gasteiger partial charge in [-0.15, -0.1) is 11.8 Å². The van der Waals surface area contributed by atoms with Gasteiger partial charge in [0.15, 0.2) is 0 Å². The number of piperidine rings is 1. The van der Waals surface area contributed by atoms with Crippen molar-refractivity contribution in [3.63, 3.8) is 0 Å². The first-order chi connectivity index (χ1) is 12.6. The van der Waals surface area contributed by atoms with E-state index in [1.165, 1.54) is 11.1 Å². The van der Waals surface area contributed by atoms with Crippen LogP contribution in [0.25, 0.3) is 0 Å². The van der Waals surface area contributed by atoms with Gasteiger partial charge in [0, 0.05) is 32.5 Å². The molecule has 5 nitrogen and oxygen atoms in total. The van der Waals surface area contributed by atoms with Gasteiger partial charge in [-0.2, -0.15) is 0 Å². The van der Waals surface area contributed by atoms with Crippen LogP contribution in [0.4, 0.5) is 0 Å². The fourth-order valence-corrected chi connectivity index (χ4v) is 5.35. The highest BCUT2D eigenvalue weighted by Crippen LogP contribution is 2.39. The number of benzene rings is 1. The first-order valence-corrected chi connectivity index (χ1v) is 10.3. The van der Waals surface area contributed by atoms with Crippen LogP contribution < -0.4 is 0 Å². The number of hydrogen-bond acceptors (Lipinski definition) is 4. The van der Waals surface area contributed by atoms with Crippen LogP contribution in [0.5, 0.6) is 0 Å². The number of aryl methyl sites for hydroxylation is 2. The Morgan fingerprint density at radius 1 is 1.31 bits per heavy atom. The van der Waals surface area contributed by atoms with E-state index in [0.717, 1.165) is 25.0 Å². The number of likely N-dealkylation sites (tertiary alicyclic amines) is 1. The average molecular weight is 372 g/mol. The summed E-state index contributed by atoms with van der Waals surface area (Å²) in [6, 6.07) is 8.33. The molecule has 3 heterocycles. The molecule has 1 fully saturated rings. The Morgan fingerprint density at radius 2 is 2.08 bits per heavy atom. The SMILES string of the molecule is Cn1ccnc1[C@@H](O)C1CCN(C(=O)[C@H]2SCCc3ccccc32)CC1. The van der Waals surface area contributed by atoms with E-state index in [9.17, 15) is 9.90 Å². The van der Waals surface area contributed by atoms with Crippen molar-refractivity contribution in [3.8, 4) is 0 Å². The molecule has 2 aromatic rings. The zero-order valence-corrected chi connectivity index (χ0v) is 15.9. The summed E-state index contributed by atoms with van der Waals surface area (Å²) in [7, 11) is 1.90. The van der Waals surface area contributed by atoms with Crippen LogP contribution in [0.15, 0.2) is 36.7 Å². The summed E-state index contributed by atoms with van der Waals surface area (Å²) in [5.74, 6) is 2.10. The lowest BCUT2D eigenvalue weighted by atomic mass is 9.90. The lowest BCUT2D eigenvalue weighted by Crippen LogP contribution is -2.42. The largest absolute Gasteiger partial charge is 0.385 e. The maximum Gasteiger partial charge on any atom is 0.240 e. The second-order valence-corrected chi connectivity index (χ2v) is 8.42. The molecule has 0 saturated carbocycles. The minimum absolute atomic E-state index is 0.0732. The van der Waals surface area contributed by atoms with Crippen molar-refractivity contribution in [1.82, 2.24) is 14.5 Å². The molecule has 4 rings (SSSR count). The Labute approximate surface area is 158 Å². The molecule has 2 aliphatic heterocycles. The number of aliphatic hydroxyl groups excluding tert-OH is 1. The third kappa shape index (κ3) is 3.28. The predicted octanol–water partition coefficient (Wildman–Crippen LogP) is 2.72. The highest BCUT2D eigenvalue weighted by Gasteiger charge is 2.34. The first kappa shape index (κ1) is 17.6. The van der Waals surface area contributed by atoms with Gasteiger partial charge in [-0.3, -0.25) is 4.79 Å². The number of imidazole rings is 1. The summed E-state index contributed by atoms with van der Waals surface area (Å²) in [5, 5.41) is 10.6. The van der Waals surface area contributed by atoms with E-state index in [0.29, 0.717) is 18.9 Å². The third-order valence-corrected chi connectivity index (χ3v) is 6.87. The lowest BCUT2D eigenvalue weighted by Gasteiger charge is -2.36. The molecule has 1 aromatic heterocycles. The summed E-state index contributed by atoms with van der Waals surface area (Å²) < 4.78 is 1.87. The molecule has 138 valence electrons. The molecular formula is C20H25N3O2S. The van der Waals surface area contributed by atoms with E-state index >= 15 is 0 Å². The quantitative estimate of drug-likeness (QED) is 0.901. The van der Waals surface area contributed by atoms with Crippen molar-refractivity contribution < 1.29 is 9.90 Å². The molecule has 6 heteroatoms. The van der Waals surface area contributed by atoms with Crippen molar-refractivity contribution in [2.24, 2.45) is 13.0 Å². The maximum absolute atomic E-state index is 13.1. The number of hydrogen-bond donors (Lipinski definition) is 1. The van der Waals surface area contributed by atoms with E-state index < -0.39 is 6.10 Å². The standard InChI is InChI=1S/C20H25N3O2S/c1-22-12-9-21-19(22)17(24)15-6-10-23(11-7-15)20(25)18-16-5-3-2-4-14(16)8-13-26-18/h2-5,9,12,15,17-18,24H,6-8,10-11,13H2,1H3/t17-,18-/m0/s1. The lowest BCUT2D eigenvalue weighted by molar-refractivity contribution is -0.132. The number of carbonyl (C=O) groups is 1. The van der Waals surface area contributed by atoms with E-state index in [-0.39, 0.29) is 17.1 Å². The predicted molar refractivity (Wildman–Crippen MR) is 103 cm³/mol. The van der Waals surface area contributed by atoms with Crippen molar-refractivity contribution in [2.75, 3.05) is 18.8 Å². The highest BCUT2D eigenvalue weighted by atomic mass is 32.2. The topological polar surface area (TPSA) is 58.4 Å². The molecule has 1 amide bonds. The Kier molecular flexibility index (Phi) is 5.05. The van der Waals surface area contributed by atoms with Crippen LogP contribution in [0.1, 0.15) is 41.1 Å². The number of amides is 1. The molecule has 0 spiro atoms. The fraction of sp³-hybridized carbons (Fsp3) is 0.500. The van der Waals surface area contributed by atoms with Crippen molar-refractivity contribution in [1.29, 1.82) is 0 Å². The van der Waals surface area contributed by atoms with Crippen LogP contribution in [0.2, 0.25) is 0 Å². The minimum atomic E-state index is -0.558. The van der Waals surface area contributed by atoms with Crippen LogP contribution in [0, 0.1) is 5.92 Å². The summed E-state index contributed by atoms with van der Waals surface area (Å²) >= 11 is 1.76. The number of fused-ring (bicyclic) bond motifs is 1. The maximum atomic E-state index is 13.1. The van der Waals surface area contributed by atoms with Gasteiger partial charge < -0.3 is 14.6 Å². The number of thioether (sulfide) groups is 1. The molecule has 0 bridgehead atoms. The van der Waals surface area contributed by atoms with Gasteiger partial charge in [0.05, 0.1) is 0 Å². The molecule has 1 saturated heterocycles. The van der Waals surface area contributed by atoms with Gasteiger partial charge in [0.2, 0.25) is 5.91 Å². The van der Waals surface area contributed by atoms with Crippen LogP contribution in [-0.2, 0) is 18.3 Å². The minimum Gasteiger partial charge on any atom is -0.385 e. The smallest absolute Gasteiger partial charge is 0.240 e. The van der Waals surface area contributed by atoms with Crippen LogP contribution in [0.3, 0.4) is 0 Å². The summed E-state index contributed by atoms with van der Waals surface area (Å²) in [5.41, 5.74) is 2.49. The van der Waals surface area contributed by atoms with Gasteiger partial charge in [-0.25, -0.2) is 4.98 Å². The number of carbonyl (C=O) groups excluding carboxylic acids is 1. The van der Waals surface area contributed by atoms with E-state index in [1.807, 2.05) is 28.8 Å². The number of nitrogens with zero attached hydrogens (tertiary/aromatic N) is 3. The molecule has 1 N–H and O–H groups in total. The Hall–Kier alpha value is -1.79. The van der Waals surface area contributed by atoms with Gasteiger partial charge in [0.1, 0.15) is 17.2 Å². The van der Waals surface area contributed by atoms with Gasteiger partial charge in [-0.1, -0.05) is 24.3 Å². The van der Waals surface area contributed by atoms with Crippen molar-refractivity contribution in [2.45, 2.75) is 30.6 Å². The van der Waals surface area contributed by atoms with Gasteiger partial charge >= 0.3 is 0 Å². The van der Waals surface area contributed by atoms with Crippen LogP contribution in [-0.4, -0.2) is 44.3 Å².